The molecule has 154 valence electrons. The molecule has 5 nitrogen and oxygen atoms in total. The second-order valence-corrected chi connectivity index (χ2v) is 8.40. The zero-order valence-corrected chi connectivity index (χ0v) is 17.6. The molecule has 6 heteroatoms. The standard InChI is InChI=1S/C23H28ClN3O2/c1-17(15-26-11-13-27(14-12-26)18-5-3-2-4-6-18)16-29-23-19-7-10-22(28)25-21(19)9-8-20(23)24/h2-6,8-9,17H,7,10-16H2,1H3,(H,25,28). The molecule has 2 heterocycles. The van der Waals surface area contributed by atoms with E-state index in [1.165, 1.54) is 5.69 Å². The number of para-hydroxylation sites is 1. The third kappa shape index (κ3) is 4.85. The Morgan fingerprint density at radius 3 is 2.59 bits per heavy atom. The van der Waals surface area contributed by atoms with Crippen molar-refractivity contribution in [3.63, 3.8) is 0 Å². The highest BCUT2D eigenvalue weighted by molar-refractivity contribution is 6.32. The van der Waals surface area contributed by atoms with Crippen LogP contribution in [0.15, 0.2) is 42.5 Å². The van der Waals surface area contributed by atoms with Crippen molar-refractivity contribution in [3.8, 4) is 5.75 Å². The maximum atomic E-state index is 11.6. The van der Waals surface area contributed by atoms with Crippen LogP contribution >= 0.6 is 11.6 Å². The number of halogens is 1. The maximum Gasteiger partial charge on any atom is 0.224 e. The van der Waals surface area contributed by atoms with Gasteiger partial charge in [-0.2, -0.15) is 0 Å². The summed E-state index contributed by atoms with van der Waals surface area (Å²) in [5.41, 5.74) is 3.14. The molecule has 2 aromatic rings. The molecule has 2 aliphatic rings. The number of piperazine rings is 1. The summed E-state index contributed by atoms with van der Waals surface area (Å²) >= 11 is 6.39. The van der Waals surface area contributed by atoms with Crippen LogP contribution in [-0.4, -0.2) is 50.1 Å². The summed E-state index contributed by atoms with van der Waals surface area (Å²) in [7, 11) is 0. The molecule has 0 bridgehead atoms. The molecule has 0 aromatic heterocycles. The van der Waals surface area contributed by atoms with Crippen LogP contribution in [0.1, 0.15) is 18.9 Å². The molecular formula is C23H28ClN3O2. The highest BCUT2D eigenvalue weighted by atomic mass is 35.5. The SMILES string of the molecule is CC(COc1c(Cl)ccc2c1CCC(=O)N2)CN1CCN(c2ccccc2)CC1. The van der Waals surface area contributed by atoms with Gasteiger partial charge in [0.05, 0.1) is 11.6 Å². The quantitative estimate of drug-likeness (QED) is 0.775. The van der Waals surface area contributed by atoms with E-state index in [2.05, 4.69) is 52.4 Å². The molecule has 1 amide bonds. The van der Waals surface area contributed by atoms with Gasteiger partial charge in [0.25, 0.3) is 0 Å². The van der Waals surface area contributed by atoms with E-state index in [1.807, 2.05) is 6.07 Å². The molecule has 4 rings (SSSR count). The molecule has 0 spiro atoms. The van der Waals surface area contributed by atoms with Gasteiger partial charge in [-0.05, 0) is 30.7 Å². The van der Waals surface area contributed by atoms with Gasteiger partial charge in [-0.15, -0.1) is 0 Å². The summed E-state index contributed by atoms with van der Waals surface area (Å²) in [6, 6.07) is 14.3. The maximum absolute atomic E-state index is 11.6. The Bertz CT molecular complexity index is 851. The smallest absolute Gasteiger partial charge is 0.224 e. The molecule has 1 atom stereocenters. The Morgan fingerprint density at radius 2 is 1.83 bits per heavy atom. The van der Waals surface area contributed by atoms with E-state index in [0.717, 1.165) is 49.7 Å². The Hall–Kier alpha value is -2.24. The van der Waals surface area contributed by atoms with E-state index in [9.17, 15) is 4.79 Å². The molecule has 0 radical (unpaired) electrons. The highest BCUT2D eigenvalue weighted by Gasteiger charge is 2.22. The second-order valence-electron chi connectivity index (χ2n) is 7.99. The fraction of sp³-hybridized carbons (Fsp3) is 0.435. The van der Waals surface area contributed by atoms with Crippen LogP contribution in [0.3, 0.4) is 0 Å². The van der Waals surface area contributed by atoms with E-state index in [4.69, 9.17) is 16.3 Å². The minimum absolute atomic E-state index is 0.0498. The lowest BCUT2D eigenvalue weighted by molar-refractivity contribution is -0.116. The van der Waals surface area contributed by atoms with Crippen LogP contribution in [0.5, 0.6) is 5.75 Å². The number of hydrogen-bond donors (Lipinski definition) is 1. The molecule has 1 unspecified atom stereocenters. The van der Waals surface area contributed by atoms with Crippen LogP contribution in [0.2, 0.25) is 5.02 Å². The first-order valence-corrected chi connectivity index (χ1v) is 10.7. The van der Waals surface area contributed by atoms with E-state index in [-0.39, 0.29) is 5.91 Å². The number of rotatable bonds is 6. The highest BCUT2D eigenvalue weighted by Crippen LogP contribution is 2.37. The first kappa shape index (κ1) is 20.0. The number of nitrogens with one attached hydrogen (secondary N) is 1. The second kappa shape index (κ2) is 9.06. The molecule has 1 N–H and O–H groups in total. The summed E-state index contributed by atoms with van der Waals surface area (Å²) in [4.78, 5) is 16.6. The summed E-state index contributed by atoms with van der Waals surface area (Å²) in [6.07, 6.45) is 1.15. The van der Waals surface area contributed by atoms with Gasteiger partial charge in [0.1, 0.15) is 5.75 Å². The van der Waals surface area contributed by atoms with Gasteiger partial charge >= 0.3 is 0 Å². The van der Waals surface area contributed by atoms with Crippen LogP contribution in [0.25, 0.3) is 0 Å². The number of carbonyl (C=O) groups is 1. The van der Waals surface area contributed by atoms with Crippen LogP contribution < -0.4 is 15.0 Å². The van der Waals surface area contributed by atoms with E-state index < -0.39 is 0 Å². The Kier molecular flexibility index (Phi) is 6.26. The van der Waals surface area contributed by atoms with Crippen molar-refractivity contribution in [1.82, 2.24) is 4.90 Å². The molecule has 1 fully saturated rings. The van der Waals surface area contributed by atoms with Gasteiger partial charge in [0, 0.05) is 62.0 Å². The minimum Gasteiger partial charge on any atom is -0.491 e. The number of ether oxygens (including phenoxy) is 1. The zero-order chi connectivity index (χ0) is 20.2. The van der Waals surface area contributed by atoms with Gasteiger partial charge in [-0.3, -0.25) is 9.69 Å². The Morgan fingerprint density at radius 1 is 1.07 bits per heavy atom. The van der Waals surface area contributed by atoms with Gasteiger partial charge in [-0.1, -0.05) is 36.7 Å². The van der Waals surface area contributed by atoms with Crippen molar-refractivity contribution in [2.45, 2.75) is 19.8 Å². The number of benzene rings is 2. The normalized spacial score (nSPS) is 18.1. The van der Waals surface area contributed by atoms with Crippen molar-refractivity contribution in [1.29, 1.82) is 0 Å². The van der Waals surface area contributed by atoms with E-state index in [1.54, 1.807) is 6.07 Å². The molecular weight excluding hydrogens is 386 g/mol. The minimum atomic E-state index is 0.0498. The number of hydrogen-bond acceptors (Lipinski definition) is 4. The third-order valence-corrected chi connectivity index (χ3v) is 5.96. The lowest BCUT2D eigenvalue weighted by Gasteiger charge is -2.37. The van der Waals surface area contributed by atoms with E-state index >= 15 is 0 Å². The van der Waals surface area contributed by atoms with Gasteiger partial charge in [0.2, 0.25) is 5.91 Å². The lowest BCUT2D eigenvalue weighted by atomic mass is 10.0. The number of fused-ring (bicyclic) bond motifs is 1. The third-order valence-electron chi connectivity index (χ3n) is 5.66. The van der Waals surface area contributed by atoms with E-state index in [0.29, 0.717) is 30.4 Å². The Labute approximate surface area is 177 Å². The number of nitrogens with zero attached hydrogens (tertiary/aromatic N) is 2. The van der Waals surface area contributed by atoms with Crippen molar-refractivity contribution in [2.24, 2.45) is 5.92 Å². The fourth-order valence-corrected chi connectivity index (χ4v) is 4.35. The number of anilines is 2. The molecule has 0 aliphatic carbocycles. The predicted octanol–water partition coefficient (Wildman–Crippen LogP) is 4.06. The predicted molar refractivity (Wildman–Crippen MR) is 118 cm³/mol. The van der Waals surface area contributed by atoms with Crippen molar-refractivity contribution >= 4 is 28.9 Å². The summed E-state index contributed by atoms with van der Waals surface area (Å²) < 4.78 is 6.14. The summed E-state index contributed by atoms with van der Waals surface area (Å²) in [5.74, 6) is 1.17. The summed E-state index contributed by atoms with van der Waals surface area (Å²) in [5, 5.41) is 3.52. The number of amides is 1. The molecule has 2 aromatic carbocycles. The lowest BCUT2D eigenvalue weighted by Crippen LogP contribution is -2.48. The van der Waals surface area contributed by atoms with Crippen LogP contribution in [-0.2, 0) is 11.2 Å². The van der Waals surface area contributed by atoms with Gasteiger partial charge in [0.15, 0.2) is 0 Å². The Balaban J connectivity index is 1.29. The van der Waals surface area contributed by atoms with Gasteiger partial charge in [-0.25, -0.2) is 0 Å². The molecule has 2 aliphatic heterocycles. The van der Waals surface area contributed by atoms with Crippen molar-refractivity contribution < 1.29 is 9.53 Å². The first-order chi connectivity index (χ1) is 14.1. The fourth-order valence-electron chi connectivity index (χ4n) is 4.12. The first-order valence-electron chi connectivity index (χ1n) is 10.4. The molecule has 0 saturated carbocycles. The largest absolute Gasteiger partial charge is 0.491 e. The van der Waals surface area contributed by atoms with Crippen molar-refractivity contribution in [2.75, 3.05) is 49.5 Å². The number of carbonyl (C=O) groups excluding carboxylic acids is 1. The van der Waals surface area contributed by atoms with Crippen LogP contribution in [0.4, 0.5) is 11.4 Å². The molecule has 1 saturated heterocycles. The molecule has 29 heavy (non-hydrogen) atoms. The topological polar surface area (TPSA) is 44.8 Å². The van der Waals surface area contributed by atoms with Crippen molar-refractivity contribution in [3.05, 3.63) is 53.1 Å². The zero-order valence-electron chi connectivity index (χ0n) is 16.9. The average Bonchev–Trinajstić information content (AvgIpc) is 2.74. The summed E-state index contributed by atoms with van der Waals surface area (Å²) in [6.45, 7) is 8.06. The average molecular weight is 414 g/mol. The monoisotopic (exact) mass is 413 g/mol. The van der Waals surface area contributed by atoms with Gasteiger partial charge < -0.3 is 15.0 Å². The van der Waals surface area contributed by atoms with Crippen LogP contribution in [0, 0.1) is 5.92 Å².